The first-order chi connectivity index (χ1) is 10.8. The van der Waals surface area contributed by atoms with Gasteiger partial charge in [-0.15, -0.1) is 0 Å². The number of anilines is 1. The zero-order chi connectivity index (χ0) is 17.0. The second kappa shape index (κ2) is 6.51. The van der Waals surface area contributed by atoms with Gasteiger partial charge in [0.1, 0.15) is 11.8 Å². The molecule has 0 saturated carbocycles. The van der Waals surface area contributed by atoms with Crippen molar-refractivity contribution in [2.45, 2.75) is 19.0 Å². The summed E-state index contributed by atoms with van der Waals surface area (Å²) in [5, 5.41) is 14.6. The fourth-order valence-corrected chi connectivity index (χ4v) is 1.79. The van der Waals surface area contributed by atoms with Gasteiger partial charge >= 0.3 is 12.1 Å². The van der Waals surface area contributed by atoms with E-state index >= 15 is 0 Å². The van der Waals surface area contributed by atoms with Crippen molar-refractivity contribution in [3.8, 4) is 0 Å². The van der Waals surface area contributed by atoms with Crippen molar-refractivity contribution in [1.82, 2.24) is 5.16 Å². The summed E-state index contributed by atoms with van der Waals surface area (Å²) in [7, 11) is 0. The van der Waals surface area contributed by atoms with Crippen molar-refractivity contribution < 1.29 is 32.4 Å². The monoisotopic (exact) mass is 328 g/mol. The van der Waals surface area contributed by atoms with Gasteiger partial charge in [-0.05, 0) is 24.3 Å². The minimum atomic E-state index is -4.46. The Morgan fingerprint density at radius 1 is 1.22 bits per heavy atom. The number of aromatic nitrogens is 1. The van der Waals surface area contributed by atoms with E-state index < -0.39 is 23.6 Å². The zero-order valence-corrected chi connectivity index (χ0v) is 11.6. The van der Waals surface area contributed by atoms with Crippen LogP contribution in [0.2, 0.25) is 0 Å². The summed E-state index contributed by atoms with van der Waals surface area (Å²) in [6.45, 7) is 0. The summed E-state index contributed by atoms with van der Waals surface area (Å²) >= 11 is 0. The van der Waals surface area contributed by atoms with Crippen LogP contribution in [0.5, 0.6) is 0 Å². The van der Waals surface area contributed by atoms with Gasteiger partial charge in [-0.3, -0.25) is 9.59 Å². The second-order valence-corrected chi connectivity index (χ2v) is 4.60. The van der Waals surface area contributed by atoms with Crippen LogP contribution in [0.3, 0.4) is 0 Å². The first kappa shape index (κ1) is 16.5. The predicted octanol–water partition coefficient (Wildman–Crippen LogP) is 2.96. The number of nitrogens with zero attached hydrogens (tertiary/aromatic N) is 1. The van der Waals surface area contributed by atoms with Crippen molar-refractivity contribution in [2.75, 3.05) is 5.32 Å². The number of amides is 1. The molecule has 1 heterocycles. The first-order valence-electron chi connectivity index (χ1n) is 6.41. The van der Waals surface area contributed by atoms with Gasteiger partial charge in [-0.1, -0.05) is 5.16 Å². The van der Waals surface area contributed by atoms with Crippen molar-refractivity contribution >= 4 is 17.6 Å². The van der Waals surface area contributed by atoms with Crippen LogP contribution >= 0.6 is 0 Å². The lowest BCUT2D eigenvalue weighted by molar-refractivity contribution is -0.138. The third kappa shape index (κ3) is 4.31. The summed E-state index contributed by atoms with van der Waals surface area (Å²) in [5.41, 5.74) is -0.473. The molecular formula is C14H11F3N2O4. The number of benzene rings is 1. The molecule has 2 N–H and O–H groups in total. The summed E-state index contributed by atoms with van der Waals surface area (Å²) in [5.74, 6) is -1.70. The molecule has 122 valence electrons. The number of aliphatic carboxylic acids is 1. The number of carbonyl (C=O) groups excluding carboxylic acids is 1. The normalized spacial score (nSPS) is 11.3. The average Bonchev–Trinajstić information content (AvgIpc) is 2.93. The van der Waals surface area contributed by atoms with Crippen molar-refractivity contribution in [3.05, 3.63) is 47.3 Å². The lowest BCUT2D eigenvalue weighted by Gasteiger charge is -2.08. The Labute approximate surface area is 127 Å². The number of halogens is 3. The van der Waals surface area contributed by atoms with Crippen LogP contribution in [0.1, 0.15) is 28.0 Å². The van der Waals surface area contributed by atoms with Gasteiger partial charge in [0.25, 0.3) is 5.91 Å². The van der Waals surface area contributed by atoms with E-state index in [1.807, 2.05) is 0 Å². The number of alkyl halides is 3. The Balaban J connectivity index is 2.08. The molecule has 0 saturated heterocycles. The fourth-order valence-electron chi connectivity index (χ4n) is 1.79. The molecule has 2 aromatic rings. The lowest BCUT2D eigenvalue weighted by Crippen LogP contribution is -2.14. The molecule has 0 bridgehead atoms. The molecule has 2 rings (SSSR count). The SMILES string of the molecule is O=C(O)CCc1nocc1C(=O)Nc1ccc(C(F)(F)F)cc1. The minimum Gasteiger partial charge on any atom is -0.481 e. The molecule has 9 heteroatoms. The van der Waals surface area contributed by atoms with Gasteiger partial charge in [0, 0.05) is 12.1 Å². The van der Waals surface area contributed by atoms with Gasteiger partial charge in [0.2, 0.25) is 0 Å². The fraction of sp³-hybridized carbons (Fsp3) is 0.214. The molecule has 0 spiro atoms. The number of hydrogen-bond acceptors (Lipinski definition) is 4. The highest BCUT2D eigenvalue weighted by molar-refractivity contribution is 6.04. The lowest BCUT2D eigenvalue weighted by atomic mass is 10.1. The molecule has 0 unspecified atom stereocenters. The summed E-state index contributed by atoms with van der Waals surface area (Å²) in [4.78, 5) is 22.6. The molecule has 23 heavy (non-hydrogen) atoms. The maximum atomic E-state index is 12.5. The van der Waals surface area contributed by atoms with Gasteiger partial charge in [0.05, 0.1) is 17.7 Å². The average molecular weight is 328 g/mol. The van der Waals surface area contributed by atoms with Crippen LogP contribution in [-0.4, -0.2) is 22.1 Å². The standard InChI is InChI=1S/C14H11F3N2O4/c15-14(16,17)8-1-3-9(4-2-8)18-13(22)10-7-23-19-11(10)5-6-12(20)21/h1-4,7H,5-6H2,(H,18,22)(H,20,21). The first-order valence-corrected chi connectivity index (χ1v) is 6.41. The quantitative estimate of drug-likeness (QED) is 0.880. The third-order valence-electron chi connectivity index (χ3n) is 2.93. The highest BCUT2D eigenvalue weighted by Crippen LogP contribution is 2.29. The molecule has 0 aliphatic rings. The molecule has 1 aromatic carbocycles. The van der Waals surface area contributed by atoms with E-state index in [4.69, 9.17) is 5.11 Å². The van der Waals surface area contributed by atoms with E-state index in [1.165, 1.54) is 0 Å². The van der Waals surface area contributed by atoms with E-state index in [0.717, 1.165) is 30.5 Å². The van der Waals surface area contributed by atoms with Crippen molar-refractivity contribution in [1.29, 1.82) is 0 Å². The predicted molar refractivity (Wildman–Crippen MR) is 71.9 cm³/mol. The van der Waals surface area contributed by atoms with Crippen LogP contribution in [0.25, 0.3) is 0 Å². The van der Waals surface area contributed by atoms with Crippen LogP contribution in [0, 0.1) is 0 Å². The zero-order valence-electron chi connectivity index (χ0n) is 11.6. The van der Waals surface area contributed by atoms with Crippen LogP contribution in [0.4, 0.5) is 18.9 Å². The van der Waals surface area contributed by atoms with E-state index in [2.05, 4.69) is 15.0 Å². The van der Waals surface area contributed by atoms with Gasteiger partial charge in [-0.2, -0.15) is 13.2 Å². The summed E-state index contributed by atoms with van der Waals surface area (Å²) < 4.78 is 42.0. The number of rotatable bonds is 5. The highest BCUT2D eigenvalue weighted by Gasteiger charge is 2.30. The molecule has 0 radical (unpaired) electrons. The molecule has 0 aliphatic carbocycles. The summed E-state index contributed by atoms with van der Waals surface area (Å²) in [6.07, 6.45) is -3.63. The number of aryl methyl sites for hydroxylation is 1. The largest absolute Gasteiger partial charge is 0.481 e. The smallest absolute Gasteiger partial charge is 0.416 e. The third-order valence-corrected chi connectivity index (χ3v) is 2.93. The van der Waals surface area contributed by atoms with Gasteiger partial charge in [0.15, 0.2) is 0 Å². The molecule has 1 amide bonds. The van der Waals surface area contributed by atoms with Crippen LogP contribution in [-0.2, 0) is 17.4 Å². The van der Waals surface area contributed by atoms with Gasteiger partial charge < -0.3 is 14.9 Å². The Bertz CT molecular complexity index is 708. The van der Waals surface area contributed by atoms with Crippen molar-refractivity contribution in [3.63, 3.8) is 0 Å². The Hall–Kier alpha value is -2.84. The Morgan fingerprint density at radius 3 is 2.43 bits per heavy atom. The molecule has 0 atom stereocenters. The van der Waals surface area contributed by atoms with Crippen LogP contribution < -0.4 is 5.32 Å². The molecule has 0 fully saturated rings. The maximum absolute atomic E-state index is 12.5. The summed E-state index contributed by atoms with van der Waals surface area (Å²) in [6, 6.07) is 3.92. The Kier molecular flexibility index (Phi) is 4.68. The Morgan fingerprint density at radius 2 is 1.87 bits per heavy atom. The molecular weight excluding hydrogens is 317 g/mol. The molecule has 6 nitrogen and oxygen atoms in total. The highest BCUT2D eigenvalue weighted by atomic mass is 19.4. The maximum Gasteiger partial charge on any atom is 0.416 e. The van der Waals surface area contributed by atoms with Crippen molar-refractivity contribution in [2.24, 2.45) is 0 Å². The topological polar surface area (TPSA) is 92.4 Å². The number of carboxylic acid groups (broad SMARTS) is 1. The number of hydrogen-bond donors (Lipinski definition) is 2. The second-order valence-electron chi connectivity index (χ2n) is 4.60. The van der Waals surface area contributed by atoms with E-state index in [9.17, 15) is 22.8 Å². The number of carbonyl (C=O) groups is 2. The minimum absolute atomic E-state index is 0.00159. The number of nitrogens with one attached hydrogen (secondary N) is 1. The number of carboxylic acids is 1. The van der Waals surface area contributed by atoms with E-state index in [0.29, 0.717) is 0 Å². The van der Waals surface area contributed by atoms with E-state index in [-0.39, 0.29) is 29.8 Å². The molecule has 0 aliphatic heterocycles. The van der Waals surface area contributed by atoms with E-state index in [1.54, 1.807) is 0 Å². The molecule has 1 aromatic heterocycles. The van der Waals surface area contributed by atoms with Gasteiger partial charge in [-0.25, -0.2) is 0 Å². The van der Waals surface area contributed by atoms with Crippen LogP contribution in [0.15, 0.2) is 35.1 Å².